The van der Waals surface area contributed by atoms with E-state index in [-0.39, 0.29) is 11.6 Å². The molecule has 0 unspecified atom stereocenters. The van der Waals surface area contributed by atoms with Crippen LogP contribution in [0.1, 0.15) is 49.9 Å². The molecule has 0 saturated carbocycles. The van der Waals surface area contributed by atoms with Gasteiger partial charge in [-0.3, -0.25) is 0 Å². The van der Waals surface area contributed by atoms with Gasteiger partial charge in [0.2, 0.25) is 0 Å². The second-order valence-corrected chi connectivity index (χ2v) is 9.54. The second-order valence-electron chi connectivity index (χ2n) is 6.05. The molecule has 6 heteroatoms. The number of carbonyl (C=O) groups is 1. The van der Waals surface area contributed by atoms with Crippen LogP contribution in [-0.4, -0.2) is 24.7 Å². The van der Waals surface area contributed by atoms with Crippen LogP contribution in [0.2, 0.25) is 0 Å². The maximum atomic E-state index is 12.9. The predicted octanol–water partition coefficient (Wildman–Crippen LogP) is 4.19. The zero-order valence-electron chi connectivity index (χ0n) is 13.5. The molecule has 1 aromatic carbocycles. The van der Waals surface area contributed by atoms with Gasteiger partial charge in [-0.15, -0.1) is 0 Å². The van der Waals surface area contributed by atoms with Crippen molar-refractivity contribution >= 4 is 73.7 Å². The van der Waals surface area contributed by atoms with Crippen LogP contribution in [0.5, 0.6) is 0 Å². The summed E-state index contributed by atoms with van der Waals surface area (Å²) in [5.74, 6) is 0.315. The zero-order valence-corrected chi connectivity index (χ0v) is 20.0. The third-order valence-corrected chi connectivity index (χ3v) is 8.56. The Bertz CT molecular complexity index is 567. The summed E-state index contributed by atoms with van der Waals surface area (Å²) >= 11 is 6.79. The molecule has 1 fully saturated rings. The van der Waals surface area contributed by atoms with E-state index in [1.807, 2.05) is 6.07 Å². The van der Waals surface area contributed by atoms with Crippen molar-refractivity contribution in [2.24, 2.45) is 5.92 Å². The highest BCUT2D eigenvalue weighted by Gasteiger charge is 2.41. The minimum atomic E-state index is -0.318. The van der Waals surface area contributed by atoms with Crippen molar-refractivity contribution in [3.8, 4) is 0 Å². The Morgan fingerprint density at radius 3 is 2.39 bits per heavy atom. The van der Waals surface area contributed by atoms with Gasteiger partial charge in [-0.2, -0.15) is 0 Å². The highest BCUT2D eigenvalue weighted by Crippen LogP contribution is 2.36. The molecular formula is C17H23I3NO2+. The standard InChI is InChI=1S/C17H22I3NO2/c1-3-17(4-2,11-5-7-21-8-6-11)23-16(22)13-9-12(18)10-14(19)15(13)20/h9-11,21H,3-8H2,1-2H3/p+1. The van der Waals surface area contributed by atoms with E-state index in [0.29, 0.717) is 11.5 Å². The van der Waals surface area contributed by atoms with Gasteiger partial charge in [0.15, 0.2) is 0 Å². The molecule has 0 atom stereocenters. The summed E-state index contributed by atoms with van der Waals surface area (Å²) < 4.78 is 9.36. The van der Waals surface area contributed by atoms with Crippen LogP contribution >= 0.6 is 67.8 Å². The molecule has 2 N–H and O–H groups in total. The van der Waals surface area contributed by atoms with Crippen molar-refractivity contribution in [3.05, 3.63) is 28.4 Å². The van der Waals surface area contributed by atoms with Crippen molar-refractivity contribution in [1.29, 1.82) is 0 Å². The van der Waals surface area contributed by atoms with E-state index >= 15 is 0 Å². The smallest absolute Gasteiger partial charge is 0.339 e. The number of rotatable bonds is 5. The van der Waals surface area contributed by atoms with Gasteiger partial charge >= 0.3 is 5.97 Å². The van der Waals surface area contributed by atoms with E-state index in [1.54, 1.807) is 0 Å². The number of esters is 1. The Hall–Kier alpha value is 0.840. The fraction of sp³-hybridized carbons (Fsp3) is 0.588. The number of nitrogens with two attached hydrogens (primary N) is 1. The summed E-state index contributed by atoms with van der Waals surface area (Å²) in [6.45, 7) is 6.59. The van der Waals surface area contributed by atoms with Gasteiger partial charge in [0.1, 0.15) is 5.60 Å². The maximum Gasteiger partial charge on any atom is 0.339 e. The van der Waals surface area contributed by atoms with Crippen LogP contribution in [0, 0.1) is 16.6 Å². The fourth-order valence-corrected chi connectivity index (χ4v) is 5.83. The van der Waals surface area contributed by atoms with Crippen molar-refractivity contribution < 1.29 is 14.8 Å². The lowest BCUT2D eigenvalue weighted by atomic mass is 9.77. The van der Waals surface area contributed by atoms with E-state index < -0.39 is 0 Å². The van der Waals surface area contributed by atoms with Crippen LogP contribution in [-0.2, 0) is 4.74 Å². The topological polar surface area (TPSA) is 42.9 Å². The first-order chi connectivity index (χ1) is 10.9. The molecule has 0 aliphatic carbocycles. The predicted molar refractivity (Wildman–Crippen MR) is 118 cm³/mol. The van der Waals surface area contributed by atoms with Crippen molar-refractivity contribution in [3.63, 3.8) is 0 Å². The Kier molecular flexibility index (Phi) is 7.87. The van der Waals surface area contributed by atoms with E-state index in [4.69, 9.17) is 4.74 Å². The first-order valence-corrected chi connectivity index (χ1v) is 11.4. The molecule has 0 amide bonds. The molecule has 0 spiro atoms. The maximum absolute atomic E-state index is 12.9. The van der Waals surface area contributed by atoms with E-state index in [9.17, 15) is 4.79 Å². The van der Waals surface area contributed by atoms with Gasteiger partial charge in [0, 0.05) is 29.5 Å². The summed E-state index contributed by atoms with van der Waals surface area (Å²) in [6.07, 6.45) is 4.04. The highest BCUT2D eigenvalue weighted by molar-refractivity contribution is 14.1. The summed E-state index contributed by atoms with van der Waals surface area (Å²) in [7, 11) is 0. The van der Waals surface area contributed by atoms with Crippen molar-refractivity contribution in [1.82, 2.24) is 0 Å². The molecule has 1 aromatic rings. The largest absolute Gasteiger partial charge is 0.455 e. The third kappa shape index (κ3) is 4.72. The summed E-state index contributed by atoms with van der Waals surface area (Å²) in [5.41, 5.74) is 0.386. The van der Waals surface area contributed by atoms with Gasteiger partial charge in [-0.25, -0.2) is 4.79 Å². The lowest BCUT2D eigenvalue weighted by molar-refractivity contribution is -0.666. The van der Waals surface area contributed by atoms with Gasteiger partial charge in [-0.1, -0.05) is 13.8 Å². The molecule has 3 nitrogen and oxygen atoms in total. The molecule has 0 aromatic heterocycles. The number of hydrogen-bond donors (Lipinski definition) is 1. The average Bonchev–Trinajstić information content (AvgIpc) is 2.56. The van der Waals surface area contributed by atoms with E-state index in [1.165, 1.54) is 0 Å². The second kappa shape index (κ2) is 8.98. The zero-order chi connectivity index (χ0) is 17.0. The van der Waals surface area contributed by atoms with Gasteiger partial charge < -0.3 is 10.1 Å². The van der Waals surface area contributed by atoms with Crippen LogP contribution in [0.15, 0.2) is 12.1 Å². The van der Waals surface area contributed by atoms with Crippen LogP contribution in [0.25, 0.3) is 0 Å². The summed E-state index contributed by atoms with van der Waals surface area (Å²) in [5, 5.41) is 2.36. The molecular weight excluding hydrogens is 631 g/mol. The average molecular weight is 654 g/mol. The van der Waals surface area contributed by atoms with Gasteiger partial charge in [0.05, 0.1) is 18.7 Å². The third-order valence-electron chi connectivity index (χ3n) is 4.89. The molecule has 1 aliphatic rings. The SMILES string of the molecule is CCC(CC)(OC(=O)c1cc(I)cc(I)c1I)C1CC[NH2+]CC1. The fourth-order valence-electron chi connectivity index (χ4n) is 3.45. The molecule has 128 valence electrons. The lowest BCUT2D eigenvalue weighted by Gasteiger charge is -2.40. The minimum absolute atomic E-state index is 0.163. The monoisotopic (exact) mass is 654 g/mol. The summed E-state index contributed by atoms with van der Waals surface area (Å²) in [6, 6.07) is 4.03. The van der Waals surface area contributed by atoms with Gasteiger partial charge in [-0.05, 0) is 92.7 Å². The number of hydrogen-bond acceptors (Lipinski definition) is 2. The molecule has 1 aliphatic heterocycles. The molecule has 0 bridgehead atoms. The number of quaternary nitrogens is 1. The Morgan fingerprint density at radius 2 is 1.83 bits per heavy atom. The molecule has 2 rings (SSSR count). The quantitative estimate of drug-likeness (QED) is 0.295. The van der Waals surface area contributed by atoms with Gasteiger partial charge in [0.25, 0.3) is 0 Å². The number of halogens is 3. The normalized spacial score (nSPS) is 16.4. The molecule has 23 heavy (non-hydrogen) atoms. The first kappa shape index (κ1) is 20.2. The Balaban J connectivity index is 2.27. The highest BCUT2D eigenvalue weighted by atomic mass is 127. The Morgan fingerprint density at radius 1 is 1.22 bits per heavy atom. The minimum Gasteiger partial charge on any atom is -0.455 e. The molecule has 0 radical (unpaired) electrons. The van der Waals surface area contributed by atoms with Crippen molar-refractivity contribution in [2.75, 3.05) is 13.1 Å². The first-order valence-electron chi connectivity index (χ1n) is 8.13. The number of carbonyl (C=O) groups excluding carboxylic acids is 1. The number of piperidine rings is 1. The number of ether oxygens (including phenoxy) is 1. The van der Waals surface area contributed by atoms with Crippen LogP contribution in [0.4, 0.5) is 0 Å². The van der Waals surface area contributed by atoms with E-state index in [0.717, 1.165) is 49.5 Å². The molecule has 1 saturated heterocycles. The van der Waals surface area contributed by atoms with Crippen LogP contribution in [0.3, 0.4) is 0 Å². The van der Waals surface area contributed by atoms with Crippen molar-refractivity contribution in [2.45, 2.75) is 45.1 Å². The lowest BCUT2D eigenvalue weighted by Crippen LogP contribution is -2.86. The Labute approximate surface area is 179 Å². The van der Waals surface area contributed by atoms with E-state index in [2.05, 4.69) is 93.0 Å². The summed E-state index contributed by atoms with van der Waals surface area (Å²) in [4.78, 5) is 12.9. The molecule has 1 heterocycles. The van der Waals surface area contributed by atoms with Crippen LogP contribution < -0.4 is 5.32 Å². The number of benzene rings is 1.